The number of sulfonamides is 1. The molecule has 0 aliphatic rings. The van der Waals surface area contributed by atoms with E-state index in [-0.39, 0.29) is 16.4 Å². The molecule has 0 spiro atoms. The summed E-state index contributed by atoms with van der Waals surface area (Å²) < 4.78 is 27.4. The van der Waals surface area contributed by atoms with Gasteiger partial charge in [0, 0.05) is 17.8 Å². The molecule has 5 nitrogen and oxygen atoms in total. The molecule has 1 amide bonds. The van der Waals surface area contributed by atoms with Gasteiger partial charge in [-0.2, -0.15) is 0 Å². The number of hydrogen-bond donors (Lipinski definition) is 2. The van der Waals surface area contributed by atoms with Gasteiger partial charge in [-0.05, 0) is 42.8 Å². The molecule has 120 valence electrons. The molecule has 0 saturated heterocycles. The lowest BCUT2D eigenvalue weighted by Crippen LogP contribution is -2.23. The van der Waals surface area contributed by atoms with Gasteiger partial charge in [-0.25, -0.2) is 8.42 Å². The number of anilines is 1. The number of nitrogens with one attached hydrogen (secondary N) is 2. The van der Waals surface area contributed by atoms with Crippen molar-refractivity contribution < 1.29 is 13.2 Å². The Kier molecular flexibility index (Phi) is 5.18. The summed E-state index contributed by atoms with van der Waals surface area (Å²) in [5.74, 6) is -0.350. The Labute approximate surface area is 136 Å². The molecule has 2 aromatic carbocycles. The zero-order valence-corrected chi connectivity index (χ0v) is 13.6. The standard InChI is InChI=1S/C17H18N2O3S/c1-3-10-18-17(20)14-7-5-9-16(12-14)23(21,22)19-15-8-4-6-13(2)11-15/h3-9,11-12,19H,1,10H2,2H3,(H,18,20). The molecule has 6 heteroatoms. The fourth-order valence-electron chi connectivity index (χ4n) is 1.99. The molecule has 0 radical (unpaired) electrons. The van der Waals surface area contributed by atoms with Gasteiger partial charge in [0.05, 0.1) is 4.90 Å². The summed E-state index contributed by atoms with van der Waals surface area (Å²) in [6.45, 7) is 5.71. The van der Waals surface area contributed by atoms with E-state index >= 15 is 0 Å². The van der Waals surface area contributed by atoms with E-state index in [2.05, 4.69) is 16.6 Å². The molecule has 0 bridgehead atoms. The molecule has 2 rings (SSSR count). The highest BCUT2D eigenvalue weighted by Crippen LogP contribution is 2.18. The predicted octanol–water partition coefficient (Wildman–Crippen LogP) is 2.71. The quantitative estimate of drug-likeness (QED) is 0.800. The van der Waals surface area contributed by atoms with Crippen LogP contribution in [-0.4, -0.2) is 20.9 Å². The minimum atomic E-state index is -3.76. The van der Waals surface area contributed by atoms with E-state index in [1.54, 1.807) is 30.3 Å². The monoisotopic (exact) mass is 330 g/mol. The third-order valence-corrected chi connectivity index (χ3v) is 4.46. The molecular formula is C17H18N2O3S. The van der Waals surface area contributed by atoms with E-state index in [0.717, 1.165) is 5.56 Å². The van der Waals surface area contributed by atoms with E-state index in [1.165, 1.54) is 18.2 Å². The number of amides is 1. The molecule has 0 aromatic heterocycles. The Bertz CT molecular complexity index is 829. The van der Waals surface area contributed by atoms with E-state index in [1.807, 2.05) is 13.0 Å². The van der Waals surface area contributed by atoms with Crippen molar-refractivity contribution in [3.05, 3.63) is 72.3 Å². The van der Waals surface area contributed by atoms with E-state index < -0.39 is 10.0 Å². The maximum Gasteiger partial charge on any atom is 0.261 e. The Morgan fingerprint density at radius 3 is 2.61 bits per heavy atom. The minimum Gasteiger partial charge on any atom is -0.349 e. The molecular weight excluding hydrogens is 312 g/mol. The largest absolute Gasteiger partial charge is 0.349 e. The van der Waals surface area contributed by atoms with Crippen molar-refractivity contribution in [1.82, 2.24) is 5.32 Å². The first-order chi connectivity index (χ1) is 10.9. The van der Waals surface area contributed by atoms with Gasteiger partial charge in [0.25, 0.3) is 15.9 Å². The summed E-state index contributed by atoms with van der Waals surface area (Å²) in [6.07, 6.45) is 1.55. The van der Waals surface area contributed by atoms with Crippen molar-refractivity contribution in [2.75, 3.05) is 11.3 Å². The van der Waals surface area contributed by atoms with Gasteiger partial charge in [-0.15, -0.1) is 6.58 Å². The van der Waals surface area contributed by atoms with Gasteiger partial charge in [0.2, 0.25) is 0 Å². The van der Waals surface area contributed by atoms with Gasteiger partial charge >= 0.3 is 0 Å². The van der Waals surface area contributed by atoms with Crippen molar-refractivity contribution in [3.63, 3.8) is 0 Å². The average Bonchev–Trinajstić information content (AvgIpc) is 2.52. The SMILES string of the molecule is C=CCNC(=O)c1cccc(S(=O)(=O)Nc2cccc(C)c2)c1. The highest BCUT2D eigenvalue weighted by atomic mass is 32.2. The minimum absolute atomic E-state index is 0.0326. The lowest BCUT2D eigenvalue weighted by atomic mass is 10.2. The Balaban J connectivity index is 2.26. The van der Waals surface area contributed by atoms with Crippen molar-refractivity contribution in [3.8, 4) is 0 Å². The van der Waals surface area contributed by atoms with E-state index in [9.17, 15) is 13.2 Å². The van der Waals surface area contributed by atoms with E-state index in [4.69, 9.17) is 0 Å². The van der Waals surface area contributed by atoms with Gasteiger partial charge in [-0.3, -0.25) is 9.52 Å². The van der Waals surface area contributed by atoms with Crippen molar-refractivity contribution in [2.45, 2.75) is 11.8 Å². The molecule has 0 saturated carbocycles. The maximum atomic E-state index is 12.4. The Morgan fingerprint density at radius 1 is 1.17 bits per heavy atom. The second-order valence-electron chi connectivity index (χ2n) is 5.00. The second kappa shape index (κ2) is 7.11. The number of benzene rings is 2. The Hall–Kier alpha value is -2.60. The topological polar surface area (TPSA) is 75.3 Å². The van der Waals surface area contributed by atoms with Crippen molar-refractivity contribution in [1.29, 1.82) is 0 Å². The molecule has 0 atom stereocenters. The van der Waals surface area contributed by atoms with Crippen LogP contribution in [0.15, 0.2) is 66.1 Å². The van der Waals surface area contributed by atoms with Gasteiger partial charge in [0.15, 0.2) is 0 Å². The van der Waals surface area contributed by atoms with Crippen LogP contribution in [-0.2, 0) is 10.0 Å². The van der Waals surface area contributed by atoms with Crippen molar-refractivity contribution in [2.24, 2.45) is 0 Å². The molecule has 2 aromatic rings. The number of hydrogen-bond acceptors (Lipinski definition) is 3. The van der Waals surface area contributed by atoms with Crippen LogP contribution in [0, 0.1) is 6.92 Å². The average molecular weight is 330 g/mol. The van der Waals surface area contributed by atoms with Crippen LogP contribution in [0.1, 0.15) is 15.9 Å². The van der Waals surface area contributed by atoms with Gasteiger partial charge in [0.1, 0.15) is 0 Å². The molecule has 0 fully saturated rings. The molecule has 23 heavy (non-hydrogen) atoms. The molecule has 0 heterocycles. The number of aryl methyl sites for hydroxylation is 1. The fraction of sp³-hybridized carbons (Fsp3) is 0.118. The molecule has 0 unspecified atom stereocenters. The lowest BCUT2D eigenvalue weighted by molar-refractivity contribution is 0.0958. The zero-order chi connectivity index (χ0) is 16.9. The third-order valence-electron chi connectivity index (χ3n) is 3.08. The van der Waals surface area contributed by atoms with Crippen molar-refractivity contribution >= 4 is 21.6 Å². The molecule has 0 aliphatic carbocycles. The van der Waals surface area contributed by atoms with Crippen LogP contribution >= 0.6 is 0 Å². The van der Waals surface area contributed by atoms with Gasteiger partial charge in [-0.1, -0.05) is 24.3 Å². The van der Waals surface area contributed by atoms with Crippen LogP contribution in [0.4, 0.5) is 5.69 Å². The normalized spacial score (nSPS) is 10.8. The van der Waals surface area contributed by atoms with Crippen LogP contribution in [0.3, 0.4) is 0 Å². The highest BCUT2D eigenvalue weighted by molar-refractivity contribution is 7.92. The second-order valence-corrected chi connectivity index (χ2v) is 6.68. The first kappa shape index (κ1) is 16.8. The Morgan fingerprint density at radius 2 is 1.91 bits per heavy atom. The van der Waals surface area contributed by atoms with Crippen LogP contribution in [0.2, 0.25) is 0 Å². The van der Waals surface area contributed by atoms with E-state index in [0.29, 0.717) is 12.2 Å². The first-order valence-electron chi connectivity index (χ1n) is 7.01. The number of carbonyl (C=O) groups excluding carboxylic acids is 1. The molecule has 0 aliphatic heterocycles. The van der Waals surface area contributed by atoms with Crippen LogP contribution < -0.4 is 10.0 Å². The van der Waals surface area contributed by atoms with Gasteiger partial charge < -0.3 is 5.32 Å². The summed E-state index contributed by atoms with van der Waals surface area (Å²) >= 11 is 0. The summed E-state index contributed by atoms with van der Waals surface area (Å²) in [7, 11) is -3.76. The molecule has 2 N–H and O–H groups in total. The maximum absolute atomic E-state index is 12.4. The van der Waals surface area contributed by atoms with Crippen LogP contribution in [0.25, 0.3) is 0 Å². The zero-order valence-electron chi connectivity index (χ0n) is 12.7. The first-order valence-corrected chi connectivity index (χ1v) is 8.49. The number of rotatable bonds is 6. The summed E-state index contributed by atoms with van der Waals surface area (Å²) in [5, 5.41) is 2.61. The summed E-state index contributed by atoms with van der Waals surface area (Å²) in [4.78, 5) is 11.9. The smallest absolute Gasteiger partial charge is 0.261 e. The lowest BCUT2D eigenvalue weighted by Gasteiger charge is -2.10. The highest BCUT2D eigenvalue weighted by Gasteiger charge is 2.16. The third kappa shape index (κ3) is 4.43. The van der Waals surface area contributed by atoms with Crippen LogP contribution in [0.5, 0.6) is 0 Å². The predicted molar refractivity (Wildman–Crippen MR) is 91.0 cm³/mol. The number of carbonyl (C=O) groups is 1. The summed E-state index contributed by atoms with van der Waals surface area (Å²) in [5.41, 5.74) is 1.70. The summed E-state index contributed by atoms with van der Waals surface area (Å²) in [6, 6.07) is 12.9. The fourth-order valence-corrected chi connectivity index (χ4v) is 3.09.